The van der Waals surface area contributed by atoms with Gasteiger partial charge in [0, 0.05) is 12.2 Å². The van der Waals surface area contributed by atoms with Crippen LogP contribution >= 0.6 is 0 Å². The summed E-state index contributed by atoms with van der Waals surface area (Å²) in [5.41, 5.74) is 1.03. The van der Waals surface area contributed by atoms with Crippen molar-refractivity contribution < 1.29 is 4.39 Å². The highest BCUT2D eigenvalue weighted by molar-refractivity contribution is 5.49. The Morgan fingerprint density at radius 3 is 2.28 bits per heavy atom. The van der Waals surface area contributed by atoms with Crippen LogP contribution in [0.25, 0.3) is 0 Å². The second-order valence-corrected chi connectivity index (χ2v) is 5.37. The molecule has 0 atom stereocenters. The first-order valence-corrected chi connectivity index (χ1v) is 6.38. The van der Waals surface area contributed by atoms with E-state index in [0.717, 1.165) is 6.54 Å². The van der Waals surface area contributed by atoms with Crippen LogP contribution in [0.2, 0.25) is 0 Å². The standard InChI is InChI=1S/C15H21FN2/c1-10(2)15(11(3)4)9-18-14-6-12(8-17)5-13(16)7-14/h5-7,10-11,15,18H,9H2,1-4H3. The molecule has 2 nitrogen and oxygen atoms in total. The number of nitriles is 1. The maximum Gasteiger partial charge on any atom is 0.126 e. The van der Waals surface area contributed by atoms with Gasteiger partial charge in [-0.15, -0.1) is 0 Å². The number of nitrogens with zero attached hydrogens (tertiary/aromatic N) is 1. The predicted molar refractivity (Wildman–Crippen MR) is 72.8 cm³/mol. The zero-order valence-corrected chi connectivity index (χ0v) is 11.5. The van der Waals surface area contributed by atoms with Gasteiger partial charge in [-0.25, -0.2) is 4.39 Å². The molecular formula is C15H21FN2. The van der Waals surface area contributed by atoms with Crippen LogP contribution in [0.3, 0.4) is 0 Å². The van der Waals surface area contributed by atoms with Crippen molar-refractivity contribution in [3.8, 4) is 6.07 Å². The molecule has 1 aromatic carbocycles. The van der Waals surface area contributed by atoms with Crippen LogP contribution in [0.1, 0.15) is 33.3 Å². The van der Waals surface area contributed by atoms with Crippen LogP contribution < -0.4 is 5.32 Å². The lowest BCUT2D eigenvalue weighted by molar-refractivity contribution is 0.304. The van der Waals surface area contributed by atoms with E-state index in [4.69, 9.17) is 5.26 Å². The predicted octanol–water partition coefficient (Wildman–Crippen LogP) is 4.04. The summed E-state index contributed by atoms with van der Waals surface area (Å²) in [6, 6.07) is 6.32. The fraction of sp³-hybridized carbons (Fsp3) is 0.533. The quantitative estimate of drug-likeness (QED) is 0.853. The molecule has 0 saturated heterocycles. The van der Waals surface area contributed by atoms with Gasteiger partial charge in [-0.2, -0.15) is 5.26 Å². The molecule has 0 spiro atoms. The first-order chi connectivity index (χ1) is 8.43. The Bertz CT molecular complexity index is 425. The number of rotatable bonds is 5. The van der Waals surface area contributed by atoms with Crippen molar-refractivity contribution in [2.24, 2.45) is 17.8 Å². The lowest BCUT2D eigenvalue weighted by Crippen LogP contribution is -2.24. The Labute approximate surface area is 109 Å². The number of nitrogens with one attached hydrogen (secondary N) is 1. The SMILES string of the molecule is CC(C)C(CNc1cc(F)cc(C#N)c1)C(C)C. The average Bonchev–Trinajstić information content (AvgIpc) is 2.27. The van der Waals surface area contributed by atoms with Crippen LogP contribution in [0.4, 0.5) is 10.1 Å². The van der Waals surface area contributed by atoms with Gasteiger partial charge >= 0.3 is 0 Å². The van der Waals surface area contributed by atoms with E-state index in [1.165, 1.54) is 12.1 Å². The summed E-state index contributed by atoms with van der Waals surface area (Å²) in [7, 11) is 0. The average molecular weight is 248 g/mol. The Balaban J connectivity index is 2.74. The molecule has 0 heterocycles. The Hall–Kier alpha value is -1.56. The van der Waals surface area contributed by atoms with E-state index >= 15 is 0 Å². The fourth-order valence-electron chi connectivity index (χ4n) is 2.23. The first kappa shape index (κ1) is 14.5. The highest BCUT2D eigenvalue weighted by Crippen LogP contribution is 2.22. The third kappa shape index (κ3) is 4.03. The van der Waals surface area contributed by atoms with Crippen molar-refractivity contribution in [3.63, 3.8) is 0 Å². The fourth-order valence-corrected chi connectivity index (χ4v) is 2.23. The topological polar surface area (TPSA) is 35.8 Å². The van der Waals surface area contributed by atoms with Gasteiger partial charge < -0.3 is 5.32 Å². The van der Waals surface area contributed by atoms with E-state index in [9.17, 15) is 4.39 Å². The summed E-state index contributed by atoms with van der Waals surface area (Å²) in [4.78, 5) is 0. The summed E-state index contributed by atoms with van der Waals surface area (Å²) in [5.74, 6) is 1.30. The molecule has 1 aromatic rings. The summed E-state index contributed by atoms with van der Waals surface area (Å²) in [6.07, 6.45) is 0. The highest BCUT2D eigenvalue weighted by atomic mass is 19.1. The maximum atomic E-state index is 13.3. The van der Waals surface area contributed by atoms with Crippen molar-refractivity contribution in [2.45, 2.75) is 27.7 Å². The summed E-state index contributed by atoms with van der Waals surface area (Å²) in [5, 5.41) is 12.0. The van der Waals surface area contributed by atoms with Gasteiger partial charge in [0.1, 0.15) is 5.82 Å². The largest absolute Gasteiger partial charge is 0.385 e. The van der Waals surface area contributed by atoms with Gasteiger partial charge in [-0.1, -0.05) is 27.7 Å². The molecule has 0 radical (unpaired) electrons. The van der Waals surface area contributed by atoms with Gasteiger partial charge in [0.05, 0.1) is 11.6 Å². The molecule has 0 amide bonds. The van der Waals surface area contributed by atoms with E-state index in [1.807, 2.05) is 6.07 Å². The minimum absolute atomic E-state index is 0.350. The minimum atomic E-state index is -0.373. The third-order valence-electron chi connectivity index (χ3n) is 3.28. The molecule has 1 N–H and O–H groups in total. The van der Waals surface area contributed by atoms with Gasteiger partial charge in [0.2, 0.25) is 0 Å². The second-order valence-electron chi connectivity index (χ2n) is 5.37. The molecule has 3 heteroatoms. The molecule has 0 bridgehead atoms. The van der Waals surface area contributed by atoms with Crippen LogP contribution in [-0.4, -0.2) is 6.54 Å². The van der Waals surface area contributed by atoms with E-state index in [-0.39, 0.29) is 5.82 Å². The molecule has 0 aliphatic rings. The van der Waals surface area contributed by atoms with Gasteiger partial charge in [-0.05, 0) is 36.0 Å². The van der Waals surface area contributed by atoms with Crippen molar-refractivity contribution in [1.82, 2.24) is 0 Å². The highest BCUT2D eigenvalue weighted by Gasteiger charge is 2.17. The van der Waals surface area contributed by atoms with Crippen LogP contribution in [-0.2, 0) is 0 Å². The molecule has 0 aromatic heterocycles. The number of hydrogen-bond acceptors (Lipinski definition) is 2. The molecule has 0 aliphatic heterocycles. The second kappa shape index (κ2) is 6.39. The lowest BCUT2D eigenvalue weighted by Gasteiger charge is -2.25. The van der Waals surface area contributed by atoms with Crippen LogP contribution in [0, 0.1) is 34.9 Å². The van der Waals surface area contributed by atoms with Gasteiger partial charge in [0.15, 0.2) is 0 Å². The van der Waals surface area contributed by atoms with E-state index in [0.29, 0.717) is 29.0 Å². The van der Waals surface area contributed by atoms with Crippen LogP contribution in [0.5, 0.6) is 0 Å². The Morgan fingerprint density at radius 2 is 1.78 bits per heavy atom. The van der Waals surface area contributed by atoms with Crippen molar-refractivity contribution >= 4 is 5.69 Å². The van der Waals surface area contributed by atoms with Crippen molar-refractivity contribution in [1.29, 1.82) is 5.26 Å². The summed E-state index contributed by atoms with van der Waals surface area (Å²) < 4.78 is 13.3. The number of benzene rings is 1. The van der Waals surface area contributed by atoms with Gasteiger partial charge in [0.25, 0.3) is 0 Å². The number of hydrogen-bond donors (Lipinski definition) is 1. The summed E-state index contributed by atoms with van der Waals surface area (Å²) >= 11 is 0. The molecule has 98 valence electrons. The monoisotopic (exact) mass is 248 g/mol. The molecule has 0 saturated carbocycles. The van der Waals surface area contributed by atoms with E-state index < -0.39 is 0 Å². The Morgan fingerprint density at radius 1 is 1.17 bits per heavy atom. The lowest BCUT2D eigenvalue weighted by atomic mass is 9.85. The first-order valence-electron chi connectivity index (χ1n) is 6.38. The normalized spacial score (nSPS) is 11.1. The molecular weight excluding hydrogens is 227 g/mol. The molecule has 0 fully saturated rings. The third-order valence-corrected chi connectivity index (χ3v) is 3.28. The molecule has 18 heavy (non-hydrogen) atoms. The zero-order chi connectivity index (χ0) is 13.7. The Kier molecular flexibility index (Phi) is 5.15. The van der Waals surface area contributed by atoms with E-state index in [2.05, 4.69) is 33.0 Å². The number of halogens is 1. The van der Waals surface area contributed by atoms with Gasteiger partial charge in [-0.3, -0.25) is 0 Å². The summed E-state index contributed by atoms with van der Waals surface area (Å²) in [6.45, 7) is 9.57. The minimum Gasteiger partial charge on any atom is -0.385 e. The van der Waals surface area contributed by atoms with E-state index in [1.54, 1.807) is 6.07 Å². The molecule has 1 rings (SSSR count). The van der Waals surface area contributed by atoms with Crippen molar-refractivity contribution in [2.75, 3.05) is 11.9 Å². The maximum absolute atomic E-state index is 13.3. The van der Waals surface area contributed by atoms with Crippen LogP contribution in [0.15, 0.2) is 18.2 Å². The number of anilines is 1. The van der Waals surface area contributed by atoms with Crippen molar-refractivity contribution in [3.05, 3.63) is 29.6 Å². The molecule has 0 unspecified atom stereocenters. The smallest absolute Gasteiger partial charge is 0.126 e. The molecule has 0 aliphatic carbocycles. The zero-order valence-electron chi connectivity index (χ0n) is 11.5.